The van der Waals surface area contributed by atoms with Crippen molar-refractivity contribution in [3.05, 3.63) is 108 Å². The van der Waals surface area contributed by atoms with E-state index in [-0.39, 0.29) is 12.1 Å². The molecule has 0 bridgehead atoms. The summed E-state index contributed by atoms with van der Waals surface area (Å²) in [6, 6.07) is 25.8. The standard InChI is InChI=1S/C35H44N6O4Si/c1-44-35(43)41(34(42)33(36)32(26-14-7-5-8-15-26)27-16-9-6-10-17-27)30-18-12-11-13-25(30)19-20-29-21-37-28(24-45-29)22-40-23-31(38-39-40)46(2,3)4/h5-18,23,28-29,32-33,37H,19-22,24,36H2,1-4H3/t28-,29-,33+/m1/s1. The van der Waals surface area contributed by atoms with Crippen LogP contribution in [0.4, 0.5) is 10.5 Å². The predicted molar refractivity (Wildman–Crippen MR) is 182 cm³/mol. The Hall–Kier alpha value is -4.16. The summed E-state index contributed by atoms with van der Waals surface area (Å²) < 4.78 is 13.3. The van der Waals surface area contributed by atoms with Gasteiger partial charge in [0.05, 0.1) is 49.5 Å². The van der Waals surface area contributed by atoms with Crippen LogP contribution in [0, 0.1) is 0 Å². The monoisotopic (exact) mass is 640 g/mol. The van der Waals surface area contributed by atoms with Gasteiger partial charge in [-0.3, -0.25) is 9.48 Å². The molecule has 3 atom stereocenters. The van der Waals surface area contributed by atoms with E-state index in [1.165, 1.54) is 7.11 Å². The minimum absolute atomic E-state index is 0.0253. The van der Waals surface area contributed by atoms with Gasteiger partial charge in [-0.25, -0.2) is 9.69 Å². The number of nitrogens with two attached hydrogens (primary N) is 1. The molecule has 2 heterocycles. The Morgan fingerprint density at radius 1 is 1.02 bits per heavy atom. The van der Waals surface area contributed by atoms with E-state index in [1.54, 1.807) is 12.1 Å². The van der Waals surface area contributed by atoms with Crippen molar-refractivity contribution in [1.82, 2.24) is 20.3 Å². The van der Waals surface area contributed by atoms with Crippen molar-refractivity contribution >= 4 is 31.1 Å². The number of para-hydroxylation sites is 1. The number of imide groups is 1. The van der Waals surface area contributed by atoms with Crippen molar-refractivity contribution in [3.63, 3.8) is 0 Å². The lowest BCUT2D eigenvalue weighted by molar-refractivity contribution is -0.119. The molecule has 242 valence electrons. The van der Waals surface area contributed by atoms with Crippen molar-refractivity contribution in [2.75, 3.05) is 25.2 Å². The summed E-state index contributed by atoms with van der Waals surface area (Å²) in [5.74, 6) is -1.01. The van der Waals surface area contributed by atoms with Gasteiger partial charge in [-0.1, -0.05) is 104 Å². The maximum atomic E-state index is 14.2. The van der Waals surface area contributed by atoms with E-state index in [1.807, 2.05) is 77.5 Å². The Kier molecular flexibility index (Phi) is 10.8. The number of aromatic nitrogens is 3. The highest BCUT2D eigenvalue weighted by molar-refractivity contribution is 6.88. The number of ether oxygens (including phenoxy) is 2. The zero-order valence-corrected chi connectivity index (χ0v) is 28.0. The molecule has 3 N–H and O–H groups in total. The van der Waals surface area contributed by atoms with Gasteiger partial charge >= 0.3 is 6.09 Å². The third-order valence-electron chi connectivity index (χ3n) is 8.39. The number of nitrogens with one attached hydrogen (secondary N) is 1. The van der Waals surface area contributed by atoms with Crippen LogP contribution in [0.2, 0.25) is 19.6 Å². The average molecular weight is 641 g/mol. The number of methoxy groups -OCH3 is 1. The zero-order valence-electron chi connectivity index (χ0n) is 27.0. The molecule has 1 aliphatic rings. The van der Waals surface area contributed by atoms with E-state index in [2.05, 4.69) is 41.5 Å². The summed E-state index contributed by atoms with van der Waals surface area (Å²) in [4.78, 5) is 28.5. The van der Waals surface area contributed by atoms with E-state index < -0.39 is 32.0 Å². The van der Waals surface area contributed by atoms with E-state index in [4.69, 9.17) is 15.2 Å². The number of nitrogens with zero attached hydrogens (tertiary/aromatic N) is 4. The summed E-state index contributed by atoms with van der Waals surface area (Å²) in [5.41, 5.74) is 9.81. The summed E-state index contributed by atoms with van der Waals surface area (Å²) in [6.07, 6.45) is 2.54. The van der Waals surface area contributed by atoms with Crippen LogP contribution in [0.1, 0.15) is 29.0 Å². The highest BCUT2D eigenvalue weighted by Crippen LogP contribution is 2.31. The number of amides is 2. The van der Waals surface area contributed by atoms with Crippen molar-refractivity contribution < 1.29 is 19.1 Å². The number of carbonyl (C=O) groups excluding carboxylic acids is 2. The van der Waals surface area contributed by atoms with Gasteiger partial charge in [0.25, 0.3) is 5.91 Å². The molecule has 5 rings (SSSR count). The van der Waals surface area contributed by atoms with Gasteiger partial charge in [-0.15, -0.1) is 5.10 Å². The lowest BCUT2D eigenvalue weighted by atomic mass is 9.84. The van der Waals surface area contributed by atoms with Crippen LogP contribution in [0.3, 0.4) is 0 Å². The largest absolute Gasteiger partial charge is 0.452 e. The van der Waals surface area contributed by atoms with Crippen molar-refractivity contribution in [2.45, 2.75) is 63.1 Å². The number of rotatable bonds is 11. The molecule has 0 unspecified atom stereocenters. The third kappa shape index (κ3) is 7.97. The molecule has 2 amide bonds. The smallest absolute Gasteiger partial charge is 0.420 e. The van der Waals surface area contributed by atoms with Gasteiger partial charge in [-0.2, -0.15) is 0 Å². The molecule has 0 radical (unpaired) electrons. The van der Waals surface area contributed by atoms with Crippen LogP contribution in [-0.2, 0) is 27.2 Å². The molecule has 0 aliphatic carbocycles. The Bertz CT molecular complexity index is 1550. The summed E-state index contributed by atoms with van der Waals surface area (Å²) in [7, 11) is -0.242. The normalized spacial score (nSPS) is 17.4. The third-order valence-corrected chi connectivity index (χ3v) is 10.2. The van der Waals surface area contributed by atoms with Gasteiger partial charge in [0.1, 0.15) is 8.07 Å². The summed E-state index contributed by atoms with van der Waals surface area (Å²) >= 11 is 0. The Balaban J connectivity index is 1.28. The van der Waals surface area contributed by atoms with Crippen LogP contribution >= 0.6 is 0 Å². The van der Waals surface area contributed by atoms with Gasteiger partial charge in [-0.05, 0) is 35.6 Å². The summed E-state index contributed by atoms with van der Waals surface area (Å²) in [6.45, 7) is 8.70. The fourth-order valence-corrected chi connectivity index (χ4v) is 6.68. The zero-order chi connectivity index (χ0) is 32.7. The first-order valence-electron chi connectivity index (χ1n) is 15.8. The van der Waals surface area contributed by atoms with E-state index in [9.17, 15) is 9.59 Å². The van der Waals surface area contributed by atoms with E-state index in [0.717, 1.165) is 26.9 Å². The summed E-state index contributed by atoms with van der Waals surface area (Å²) in [5, 5.41) is 13.4. The topological polar surface area (TPSA) is 125 Å². The molecular weight excluding hydrogens is 597 g/mol. The number of morpholine rings is 1. The lowest BCUT2D eigenvalue weighted by Gasteiger charge is -2.31. The fraction of sp³-hybridized carbons (Fsp3) is 0.371. The van der Waals surface area contributed by atoms with Crippen molar-refractivity contribution in [3.8, 4) is 0 Å². The molecule has 3 aromatic carbocycles. The molecule has 1 aliphatic heterocycles. The van der Waals surface area contributed by atoms with Gasteiger partial charge in [0.2, 0.25) is 0 Å². The number of benzene rings is 3. The van der Waals surface area contributed by atoms with Crippen LogP contribution < -0.4 is 21.3 Å². The van der Waals surface area contributed by atoms with E-state index in [0.29, 0.717) is 38.2 Å². The quantitative estimate of drug-likeness (QED) is 0.235. The van der Waals surface area contributed by atoms with Gasteiger partial charge < -0.3 is 20.5 Å². The fourth-order valence-electron chi connectivity index (χ4n) is 5.80. The number of hydrogen-bond acceptors (Lipinski definition) is 8. The second-order valence-electron chi connectivity index (χ2n) is 12.8. The lowest BCUT2D eigenvalue weighted by Crippen LogP contribution is -2.50. The molecule has 0 saturated carbocycles. The molecule has 0 spiro atoms. The first-order chi connectivity index (χ1) is 22.2. The van der Waals surface area contributed by atoms with Gasteiger partial charge in [0.15, 0.2) is 0 Å². The first kappa shape index (κ1) is 33.2. The first-order valence-corrected chi connectivity index (χ1v) is 19.3. The molecule has 46 heavy (non-hydrogen) atoms. The SMILES string of the molecule is COC(=O)N(C(=O)[C@@H](N)C(c1ccccc1)c1ccccc1)c1ccccc1CC[C@@H]1CN[C@H](Cn2cc([Si](C)(C)C)nn2)CO1. The minimum atomic E-state index is -1.51. The van der Waals surface area contributed by atoms with Crippen molar-refractivity contribution in [1.29, 1.82) is 0 Å². The maximum Gasteiger partial charge on any atom is 0.420 e. The highest BCUT2D eigenvalue weighted by atomic mass is 28.3. The minimum Gasteiger partial charge on any atom is -0.452 e. The Labute approximate surface area is 271 Å². The number of aryl methyl sites for hydroxylation is 1. The molecule has 1 aromatic heterocycles. The number of hydrogen-bond donors (Lipinski definition) is 2. The van der Waals surface area contributed by atoms with Crippen LogP contribution in [-0.4, -0.2) is 73.5 Å². The molecule has 10 nitrogen and oxygen atoms in total. The van der Waals surface area contributed by atoms with Crippen molar-refractivity contribution in [2.24, 2.45) is 5.73 Å². The average Bonchev–Trinajstić information content (AvgIpc) is 3.55. The molecule has 4 aromatic rings. The van der Waals surface area contributed by atoms with Crippen LogP contribution in [0.5, 0.6) is 0 Å². The second-order valence-corrected chi connectivity index (χ2v) is 17.8. The van der Waals surface area contributed by atoms with Crippen LogP contribution in [0.25, 0.3) is 0 Å². The second kappa shape index (κ2) is 15.0. The maximum absolute atomic E-state index is 14.2. The highest BCUT2D eigenvalue weighted by Gasteiger charge is 2.36. The van der Waals surface area contributed by atoms with Gasteiger partial charge in [0, 0.05) is 18.7 Å². The number of anilines is 1. The Morgan fingerprint density at radius 2 is 1.65 bits per heavy atom. The van der Waals surface area contributed by atoms with Crippen LogP contribution in [0.15, 0.2) is 91.1 Å². The number of carbonyl (C=O) groups is 2. The Morgan fingerprint density at radius 3 is 2.22 bits per heavy atom. The van der Waals surface area contributed by atoms with E-state index >= 15 is 0 Å². The molecule has 11 heteroatoms. The molecule has 1 fully saturated rings. The molecule has 1 saturated heterocycles. The molecular formula is C35H44N6O4Si. The predicted octanol–water partition coefficient (Wildman–Crippen LogP) is 4.07.